The molecule has 3 heteroatoms. The van der Waals surface area contributed by atoms with Crippen LogP contribution >= 0.6 is 8.03 Å². The molecule has 0 aliphatic heterocycles. The lowest BCUT2D eigenvalue weighted by Crippen LogP contribution is -1.70. The first kappa shape index (κ1) is 9.80. The fraction of sp³-hybridized carbons (Fsp3) is 0.714. The van der Waals surface area contributed by atoms with E-state index in [2.05, 4.69) is 6.92 Å². The number of unbranched alkanes of at least 4 members (excludes halogenated alkanes) is 2. The summed E-state index contributed by atoms with van der Waals surface area (Å²) in [4.78, 5) is 8.37. The van der Waals surface area contributed by atoms with Gasteiger partial charge in [-0.3, -0.25) is 0 Å². The van der Waals surface area contributed by atoms with E-state index in [9.17, 15) is 4.57 Å². The van der Waals surface area contributed by atoms with Gasteiger partial charge >= 0.3 is 8.03 Å². The van der Waals surface area contributed by atoms with Crippen molar-refractivity contribution in [1.29, 1.82) is 0 Å². The van der Waals surface area contributed by atoms with Gasteiger partial charge in [0.15, 0.2) is 6.16 Å². The van der Waals surface area contributed by atoms with Gasteiger partial charge in [0, 0.05) is 0 Å². The lowest BCUT2D eigenvalue weighted by atomic mass is 10.2. The molecule has 0 rings (SSSR count). The van der Waals surface area contributed by atoms with Crippen LogP contribution in [0.5, 0.6) is 0 Å². The largest absolute Gasteiger partial charge is 0.509 e. The van der Waals surface area contributed by atoms with Gasteiger partial charge < -0.3 is 0 Å². The third-order valence-corrected chi connectivity index (χ3v) is 1.68. The molecular weight excluding hydrogens is 147 g/mol. The van der Waals surface area contributed by atoms with Crippen molar-refractivity contribution in [2.45, 2.75) is 26.2 Å². The fourth-order valence-electron chi connectivity index (χ4n) is 0.605. The summed E-state index contributed by atoms with van der Waals surface area (Å²) in [6.07, 6.45) is 7.41. The second-order valence-corrected chi connectivity index (χ2v) is 3.22. The highest BCUT2D eigenvalue weighted by Crippen LogP contribution is 2.11. The third kappa shape index (κ3) is 7.80. The zero-order valence-corrected chi connectivity index (χ0v) is 7.18. The molecule has 1 unspecified atom stereocenters. The zero-order chi connectivity index (χ0) is 7.82. The van der Waals surface area contributed by atoms with Crippen LogP contribution in [0.15, 0.2) is 12.2 Å². The Bertz CT molecular complexity index is 121. The van der Waals surface area contributed by atoms with Gasteiger partial charge in [0.05, 0.1) is 0 Å². The van der Waals surface area contributed by atoms with Crippen molar-refractivity contribution in [3.8, 4) is 0 Å². The van der Waals surface area contributed by atoms with Crippen molar-refractivity contribution < 1.29 is 9.46 Å². The van der Waals surface area contributed by atoms with Crippen molar-refractivity contribution in [3.05, 3.63) is 12.2 Å². The molecule has 0 fully saturated rings. The Labute approximate surface area is 62.8 Å². The molecule has 1 atom stereocenters. The Morgan fingerprint density at radius 1 is 1.50 bits per heavy atom. The standard InChI is InChI=1S/C7H13O2P/c1-2-3-4-5-6-7-10(8)9/h5-6H,2-4,7H2,1H3/p+1. The Balaban J connectivity index is 3.12. The molecule has 0 aromatic heterocycles. The van der Waals surface area contributed by atoms with E-state index in [0.717, 1.165) is 6.42 Å². The minimum absolute atomic E-state index is 0.305. The van der Waals surface area contributed by atoms with Crippen molar-refractivity contribution in [2.24, 2.45) is 0 Å². The van der Waals surface area contributed by atoms with E-state index in [-0.39, 0.29) is 0 Å². The fourth-order valence-corrected chi connectivity index (χ4v) is 0.934. The summed E-state index contributed by atoms with van der Waals surface area (Å²) in [7, 11) is -1.96. The van der Waals surface area contributed by atoms with Gasteiger partial charge in [0.25, 0.3) is 0 Å². The molecule has 0 spiro atoms. The summed E-state index contributed by atoms with van der Waals surface area (Å²) < 4.78 is 10.1. The van der Waals surface area contributed by atoms with Crippen LogP contribution in [0.2, 0.25) is 0 Å². The topological polar surface area (TPSA) is 37.3 Å². The lowest BCUT2D eigenvalue weighted by Gasteiger charge is -1.84. The molecule has 0 heterocycles. The maximum Gasteiger partial charge on any atom is 0.509 e. The van der Waals surface area contributed by atoms with Crippen LogP contribution in [0.4, 0.5) is 0 Å². The van der Waals surface area contributed by atoms with Gasteiger partial charge in [-0.25, -0.2) is 0 Å². The molecule has 1 N–H and O–H groups in total. The van der Waals surface area contributed by atoms with Crippen LogP contribution < -0.4 is 0 Å². The van der Waals surface area contributed by atoms with E-state index >= 15 is 0 Å². The highest BCUT2D eigenvalue weighted by atomic mass is 31.1. The molecular formula is C7H14O2P+. The average molecular weight is 161 g/mol. The molecule has 0 amide bonds. The summed E-state index contributed by atoms with van der Waals surface area (Å²) in [5.74, 6) is 0. The number of hydrogen-bond acceptors (Lipinski definition) is 1. The molecule has 0 aromatic carbocycles. The van der Waals surface area contributed by atoms with Crippen LogP contribution in [-0.2, 0) is 4.57 Å². The van der Waals surface area contributed by atoms with Gasteiger partial charge in [0.2, 0.25) is 0 Å². The second kappa shape index (κ2) is 6.91. The summed E-state index contributed by atoms with van der Waals surface area (Å²) in [5.41, 5.74) is 0. The van der Waals surface area contributed by atoms with E-state index in [1.54, 1.807) is 6.08 Å². The quantitative estimate of drug-likeness (QED) is 0.382. The highest BCUT2D eigenvalue weighted by Gasteiger charge is 2.02. The Hall–Kier alpha value is -0.200. The molecule has 2 nitrogen and oxygen atoms in total. The van der Waals surface area contributed by atoms with Crippen LogP contribution in [0.25, 0.3) is 0 Å². The van der Waals surface area contributed by atoms with Gasteiger partial charge in [-0.1, -0.05) is 25.8 Å². The van der Waals surface area contributed by atoms with Crippen LogP contribution in [-0.4, -0.2) is 11.1 Å². The number of allylic oxidation sites excluding steroid dienone is 2. The first-order valence-corrected chi connectivity index (χ1v) is 4.95. The predicted molar refractivity (Wildman–Crippen MR) is 43.4 cm³/mol. The second-order valence-electron chi connectivity index (χ2n) is 2.15. The number of rotatable bonds is 5. The molecule has 0 saturated heterocycles. The minimum Gasteiger partial charge on any atom is -0.160 e. The Morgan fingerprint density at radius 3 is 2.70 bits per heavy atom. The SMILES string of the molecule is CCCCC=CC[P+](=O)O. The van der Waals surface area contributed by atoms with E-state index < -0.39 is 8.03 Å². The van der Waals surface area contributed by atoms with Gasteiger partial charge in [-0.2, -0.15) is 4.89 Å². The molecule has 58 valence electrons. The zero-order valence-electron chi connectivity index (χ0n) is 6.29. The maximum absolute atomic E-state index is 10.1. The highest BCUT2D eigenvalue weighted by molar-refractivity contribution is 7.38. The summed E-state index contributed by atoms with van der Waals surface area (Å²) >= 11 is 0. The average Bonchev–Trinajstić information content (AvgIpc) is 1.87. The molecule has 0 radical (unpaired) electrons. The van der Waals surface area contributed by atoms with Gasteiger partial charge in [-0.05, 0) is 17.1 Å². The van der Waals surface area contributed by atoms with E-state index in [1.807, 2.05) is 6.08 Å². The predicted octanol–water partition coefficient (Wildman–Crippen LogP) is 2.47. The monoisotopic (exact) mass is 161 g/mol. The van der Waals surface area contributed by atoms with Crippen molar-refractivity contribution in [2.75, 3.05) is 6.16 Å². The van der Waals surface area contributed by atoms with Crippen molar-refractivity contribution in [1.82, 2.24) is 0 Å². The molecule has 10 heavy (non-hydrogen) atoms. The minimum atomic E-state index is -1.96. The van der Waals surface area contributed by atoms with E-state index in [1.165, 1.54) is 12.8 Å². The first-order valence-electron chi connectivity index (χ1n) is 3.56. The molecule has 0 aromatic rings. The number of hydrogen-bond donors (Lipinski definition) is 1. The van der Waals surface area contributed by atoms with Crippen LogP contribution in [0, 0.1) is 0 Å². The first-order chi connectivity index (χ1) is 4.77. The maximum atomic E-state index is 10.1. The lowest BCUT2D eigenvalue weighted by molar-refractivity contribution is 0.506. The van der Waals surface area contributed by atoms with E-state index in [0.29, 0.717) is 6.16 Å². The van der Waals surface area contributed by atoms with Gasteiger partial charge in [0.1, 0.15) is 0 Å². The van der Waals surface area contributed by atoms with Crippen LogP contribution in [0.3, 0.4) is 0 Å². The van der Waals surface area contributed by atoms with Crippen LogP contribution in [0.1, 0.15) is 26.2 Å². The summed E-state index contributed by atoms with van der Waals surface area (Å²) in [6.45, 7) is 2.13. The molecule has 0 aliphatic carbocycles. The summed E-state index contributed by atoms with van der Waals surface area (Å²) in [6, 6.07) is 0. The Kier molecular flexibility index (Phi) is 6.78. The van der Waals surface area contributed by atoms with E-state index in [4.69, 9.17) is 4.89 Å². The van der Waals surface area contributed by atoms with Crippen molar-refractivity contribution >= 4 is 8.03 Å². The molecule has 0 saturated carbocycles. The normalized spacial score (nSPS) is 12.4. The smallest absolute Gasteiger partial charge is 0.160 e. The van der Waals surface area contributed by atoms with Gasteiger partial charge in [-0.15, -0.1) is 0 Å². The van der Waals surface area contributed by atoms with Crippen molar-refractivity contribution in [3.63, 3.8) is 0 Å². The molecule has 0 aliphatic rings. The Morgan fingerprint density at radius 2 is 2.20 bits per heavy atom. The summed E-state index contributed by atoms with van der Waals surface area (Å²) in [5, 5.41) is 0. The molecule has 0 bridgehead atoms. The third-order valence-electron chi connectivity index (χ3n) is 1.15.